The van der Waals surface area contributed by atoms with Gasteiger partial charge in [-0.3, -0.25) is 10.2 Å². The fourth-order valence-corrected chi connectivity index (χ4v) is 3.77. The van der Waals surface area contributed by atoms with Gasteiger partial charge in [0.05, 0.1) is 12.6 Å². The van der Waals surface area contributed by atoms with Gasteiger partial charge in [0.15, 0.2) is 0 Å². The summed E-state index contributed by atoms with van der Waals surface area (Å²) in [6.07, 6.45) is 1.57. The van der Waals surface area contributed by atoms with Gasteiger partial charge in [-0.1, -0.05) is 29.9 Å². The van der Waals surface area contributed by atoms with Gasteiger partial charge in [0.1, 0.15) is 16.9 Å². The van der Waals surface area contributed by atoms with E-state index in [0.29, 0.717) is 11.6 Å². The van der Waals surface area contributed by atoms with Crippen LogP contribution in [0.15, 0.2) is 18.2 Å². The molecular weight excluding hydrogens is 414 g/mol. The van der Waals surface area contributed by atoms with E-state index in [4.69, 9.17) is 16.3 Å². The molecule has 158 valence electrons. The van der Waals surface area contributed by atoms with Gasteiger partial charge in [-0.15, -0.1) is 10.2 Å². The summed E-state index contributed by atoms with van der Waals surface area (Å²) in [5, 5.41) is 24.9. The smallest absolute Gasteiger partial charge is 0.321 e. The molecule has 1 aliphatic rings. The summed E-state index contributed by atoms with van der Waals surface area (Å²) in [4.78, 5) is 14.3. The fourth-order valence-electron chi connectivity index (χ4n) is 2.98. The third-order valence-corrected chi connectivity index (χ3v) is 6.10. The number of carbonyl (C=O) groups is 1. The molecule has 10 heteroatoms. The highest BCUT2D eigenvalue weighted by Gasteiger charge is 2.29. The zero-order valence-electron chi connectivity index (χ0n) is 16.5. The molecule has 0 radical (unpaired) electrons. The predicted molar refractivity (Wildman–Crippen MR) is 114 cm³/mol. The van der Waals surface area contributed by atoms with Crippen LogP contribution >= 0.6 is 22.9 Å². The van der Waals surface area contributed by atoms with Crippen molar-refractivity contribution in [2.24, 2.45) is 0 Å². The van der Waals surface area contributed by atoms with Crippen LogP contribution in [0.3, 0.4) is 0 Å². The number of aliphatic hydroxyl groups excluding tert-OH is 1. The largest absolute Gasteiger partial charge is 0.488 e. The zero-order valence-corrected chi connectivity index (χ0v) is 18.1. The summed E-state index contributed by atoms with van der Waals surface area (Å²) in [7, 11) is 0. The Labute approximate surface area is 179 Å². The summed E-state index contributed by atoms with van der Waals surface area (Å²) < 4.78 is 5.95. The van der Waals surface area contributed by atoms with Gasteiger partial charge in [0.25, 0.3) is 0 Å². The molecular formula is C19H26ClN5O3S. The van der Waals surface area contributed by atoms with E-state index in [-0.39, 0.29) is 24.8 Å². The lowest BCUT2D eigenvalue weighted by Crippen LogP contribution is -2.55. The van der Waals surface area contributed by atoms with E-state index >= 15 is 0 Å². The molecule has 2 amide bonds. The van der Waals surface area contributed by atoms with Crippen LogP contribution in [-0.2, 0) is 6.42 Å². The first kappa shape index (κ1) is 21.8. The number of aliphatic hydroxyl groups is 1. The topological polar surface area (TPSA) is 99.6 Å². The van der Waals surface area contributed by atoms with Crippen molar-refractivity contribution in [3.63, 3.8) is 0 Å². The molecule has 3 N–H and O–H groups in total. The maximum absolute atomic E-state index is 12.1. The first-order valence-corrected chi connectivity index (χ1v) is 10.8. The summed E-state index contributed by atoms with van der Waals surface area (Å²) >= 11 is 7.38. The molecule has 1 saturated heterocycles. The minimum atomic E-state index is -0.384. The van der Waals surface area contributed by atoms with Gasteiger partial charge < -0.3 is 15.2 Å². The minimum Gasteiger partial charge on any atom is -0.488 e. The number of aromatic nitrogens is 2. The van der Waals surface area contributed by atoms with E-state index in [1.54, 1.807) is 0 Å². The number of benzene rings is 1. The van der Waals surface area contributed by atoms with Crippen molar-refractivity contribution in [3.05, 3.63) is 33.8 Å². The average molecular weight is 440 g/mol. The molecule has 2 heterocycles. The van der Waals surface area contributed by atoms with Crippen molar-refractivity contribution in [1.29, 1.82) is 0 Å². The first-order chi connectivity index (χ1) is 14.0. The number of carbonyl (C=O) groups excluding carboxylic acids is 1. The molecule has 1 atom stereocenters. The molecule has 2 aromatic rings. The van der Waals surface area contributed by atoms with E-state index in [0.717, 1.165) is 47.4 Å². The van der Waals surface area contributed by atoms with Crippen molar-refractivity contribution < 1.29 is 14.6 Å². The number of nitrogens with zero attached hydrogens (tertiary/aromatic N) is 3. The number of likely N-dealkylation sites (tertiary alicyclic amines) is 1. The van der Waals surface area contributed by atoms with Gasteiger partial charge in [-0.25, -0.2) is 4.79 Å². The highest BCUT2D eigenvalue weighted by molar-refractivity contribution is 7.15. The summed E-state index contributed by atoms with van der Waals surface area (Å²) in [5.41, 5.74) is 0.995. The van der Waals surface area contributed by atoms with Crippen LogP contribution in [0.4, 0.5) is 9.93 Å². The molecule has 0 aliphatic carbocycles. The number of urea groups is 1. The molecule has 0 saturated carbocycles. The second kappa shape index (κ2) is 10.2. The SMILES string of the molecule is CCc1nnc(NC(=O)N[C@H](CO)CCN2CC(Oc3ccc(Cl)c(C)c3)C2)s1. The van der Waals surface area contributed by atoms with Crippen LogP contribution in [0.25, 0.3) is 0 Å². The number of halogens is 1. The maximum atomic E-state index is 12.1. The summed E-state index contributed by atoms with van der Waals surface area (Å²) in [5.74, 6) is 0.825. The minimum absolute atomic E-state index is 0.123. The molecule has 3 rings (SSSR count). The van der Waals surface area contributed by atoms with Crippen LogP contribution < -0.4 is 15.4 Å². The lowest BCUT2D eigenvalue weighted by atomic mass is 10.1. The van der Waals surface area contributed by atoms with Gasteiger partial charge in [0, 0.05) is 24.7 Å². The first-order valence-electron chi connectivity index (χ1n) is 9.62. The number of rotatable bonds is 9. The summed E-state index contributed by atoms with van der Waals surface area (Å²) in [6.45, 7) is 6.21. The standard InChI is InChI=1S/C19H26ClN5O3S/c1-3-17-23-24-19(29-17)22-18(27)21-13(11-26)6-7-25-9-15(10-25)28-14-4-5-16(20)12(2)8-14/h4-5,8,13,15,26H,3,6-7,9-11H2,1-2H3,(H2,21,22,24,27)/t13-/m0/s1. The van der Waals surface area contributed by atoms with Crippen molar-refractivity contribution in [1.82, 2.24) is 20.4 Å². The lowest BCUT2D eigenvalue weighted by molar-refractivity contribution is 0.0168. The van der Waals surface area contributed by atoms with Crippen molar-refractivity contribution in [2.75, 3.05) is 31.6 Å². The fraction of sp³-hybridized carbons (Fsp3) is 0.526. The number of hydrogen-bond donors (Lipinski definition) is 3. The Morgan fingerprint density at radius 1 is 1.45 bits per heavy atom. The van der Waals surface area contributed by atoms with Crippen LogP contribution in [0.5, 0.6) is 5.75 Å². The van der Waals surface area contributed by atoms with Crippen LogP contribution in [0.2, 0.25) is 5.02 Å². The second-order valence-corrected chi connectivity index (χ2v) is 8.50. The Morgan fingerprint density at radius 2 is 2.24 bits per heavy atom. The molecule has 1 fully saturated rings. The molecule has 1 aromatic carbocycles. The van der Waals surface area contributed by atoms with Gasteiger partial charge in [-0.05, 0) is 43.5 Å². The summed E-state index contributed by atoms with van der Waals surface area (Å²) in [6, 6.07) is 4.95. The molecule has 1 aromatic heterocycles. The number of amides is 2. The monoisotopic (exact) mass is 439 g/mol. The second-order valence-electron chi connectivity index (χ2n) is 7.03. The normalized spacial score (nSPS) is 15.6. The molecule has 0 spiro atoms. The van der Waals surface area contributed by atoms with Crippen LogP contribution in [-0.4, -0.2) is 64.6 Å². The highest BCUT2D eigenvalue weighted by atomic mass is 35.5. The average Bonchev–Trinajstić information content (AvgIpc) is 3.12. The van der Waals surface area contributed by atoms with E-state index < -0.39 is 0 Å². The third kappa shape index (κ3) is 6.27. The van der Waals surface area contributed by atoms with Gasteiger partial charge in [-0.2, -0.15) is 0 Å². The van der Waals surface area contributed by atoms with Crippen molar-refractivity contribution in [2.45, 2.75) is 38.8 Å². The number of anilines is 1. The molecule has 0 bridgehead atoms. The third-order valence-electron chi connectivity index (χ3n) is 4.69. The van der Waals surface area contributed by atoms with Crippen molar-refractivity contribution in [3.8, 4) is 5.75 Å². The Hall–Kier alpha value is -1.94. The number of hydrogen-bond acceptors (Lipinski definition) is 7. The van der Waals surface area contributed by atoms with E-state index in [1.165, 1.54) is 11.3 Å². The number of nitrogens with one attached hydrogen (secondary N) is 2. The Balaban J connectivity index is 1.35. The molecule has 0 unspecified atom stereocenters. The number of ether oxygens (including phenoxy) is 1. The van der Waals surface area contributed by atoms with Crippen LogP contribution in [0.1, 0.15) is 23.9 Å². The predicted octanol–water partition coefficient (Wildman–Crippen LogP) is 2.70. The molecule has 8 nitrogen and oxygen atoms in total. The Bertz CT molecular complexity index is 828. The Morgan fingerprint density at radius 3 is 2.90 bits per heavy atom. The van der Waals surface area contributed by atoms with Crippen LogP contribution in [0, 0.1) is 6.92 Å². The molecule has 29 heavy (non-hydrogen) atoms. The lowest BCUT2D eigenvalue weighted by Gasteiger charge is -2.39. The van der Waals surface area contributed by atoms with E-state index in [1.807, 2.05) is 32.0 Å². The molecule has 1 aliphatic heterocycles. The van der Waals surface area contributed by atoms with Gasteiger partial charge in [0.2, 0.25) is 5.13 Å². The quantitative estimate of drug-likeness (QED) is 0.555. The van der Waals surface area contributed by atoms with Gasteiger partial charge >= 0.3 is 6.03 Å². The van der Waals surface area contributed by atoms with E-state index in [9.17, 15) is 9.90 Å². The maximum Gasteiger partial charge on any atom is 0.321 e. The van der Waals surface area contributed by atoms with Crippen molar-refractivity contribution >= 4 is 34.1 Å². The highest BCUT2D eigenvalue weighted by Crippen LogP contribution is 2.24. The zero-order chi connectivity index (χ0) is 20.8. The Kier molecular flexibility index (Phi) is 7.65. The number of aryl methyl sites for hydroxylation is 2. The van der Waals surface area contributed by atoms with E-state index in [2.05, 4.69) is 25.7 Å².